The van der Waals surface area contributed by atoms with Crippen LogP contribution in [0, 0.1) is 10.5 Å². The summed E-state index contributed by atoms with van der Waals surface area (Å²) >= 11 is 4.08. The molecule has 0 bridgehead atoms. The van der Waals surface area contributed by atoms with Gasteiger partial charge in [-0.3, -0.25) is 0 Å². The van der Waals surface area contributed by atoms with Gasteiger partial charge in [0.15, 0.2) is 0 Å². The van der Waals surface area contributed by atoms with Crippen molar-refractivity contribution >= 4 is 44.0 Å². The maximum absolute atomic E-state index is 3.95. The van der Waals surface area contributed by atoms with E-state index in [-0.39, 0.29) is 0 Å². The topological polar surface area (TPSA) is 0 Å². The van der Waals surface area contributed by atoms with Crippen LogP contribution in [0.2, 0.25) is 0 Å². The van der Waals surface area contributed by atoms with E-state index >= 15 is 0 Å². The van der Waals surface area contributed by atoms with Crippen molar-refractivity contribution in [2.24, 2.45) is 0 Å². The maximum atomic E-state index is 3.95. The van der Waals surface area contributed by atoms with Crippen LogP contribution in [0.15, 0.2) is 23.6 Å². The number of benzene rings is 1. The van der Waals surface area contributed by atoms with Gasteiger partial charge in [-0.05, 0) is 58.0 Å². The van der Waals surface area contributed by atoms with Gasteiger partial charge in [-0.15, -0.1) is 11.3 Å². The van der Waals surface area contributed by atoms with Crippen LogP contribution in [-0.2, 0) is 0 Å². The van der Waals surface area contributed by atoms with Crippen molar-refractivity contribution < 1.29 is 0 Å². The Morgan fingerprint density at radius 1 is 1.36 bits per heavy atom. The van der Waals surface area contributed by atoms with Crippen LogP contribution in [0.5, 0.6) is 0 Å². The fourth-order valence-corrected chi connectivity index (χ4v) is 2.68. The Kier molecular flexibility index (Phi) is 1.89. The summed E-state index contributed by atoms with van der Waals surface area (Å²) in [5, 5.41) is 3.39. The average Bonchev–Trinajstić information content (AvgIpc) is 2.32. The predicted molar refractivity (Wildman–Crippen MR) is 59.0 cm³/mol. The fourth-order valence-electron chi connectivity index (χ4n) is 1.06. The van der Waals surface area contributed by atoms with E-state index in [9.17, 15) is 0 Å². The first kappa shape index (κ1) is 7.55. The Bertz CT molecular complexity index is 389. The molecular weight excluding hydrogens is 267 g/mol. The van der Waals surface area contributed by atoms with E-state index in [0.29, 0.717) is 0 Å². The fraction of sp³-hybridized carbons (Fsp3) is 0. The van der Waals surface area contributed by atoms with E-state index in [1.54, 1.807) is 11.3 Å². The van der Waals surface area contributed by atoms with Crippen LogP contribution in [0.1, 0.15) is 5.56 Å². The van der Waals surface area contributed by atoms with Gasteiger partial charge in [0.2, 0.25) is 0 Å². The summed E-state index contributed by atoms with van der Waals surface area (Å²) < 4.78 is 2.62. The molecule has 0 nitrogen and oxygen atoms in total. The minimum absolute atomic E-state index is 1.14. The third kappa shape index (κ3) is 1.29. The highest BCUT2D eigenvalue weighted by Crippen LogP contribution is 2.26. The third-order valence-electron chi connectivity index (χ3n) is 1.62. The summed E-state index contributed by atoms with van der Waals surface area (Å²) in [5.41, 5.74) is 1.14. The molecule has 0 amide bonds. The van der Waals surface area contributed by atoms with Crippen LogP contribution >= 0.6 is 33.9 Å². The zero-order chi connectivity index (χ0) is 7.84. The van der Waals surface area contributed by atoms with E-state index in [1.165, 1.54) is 13.7 Å². The van der Waals surface area contributed by atoms with E-state index in [2.05, 4.69) is 53.1 Å². The summed E-state index contributed by atoms with van der Waals surface area (Å²) in [5.74, 6) is 0. The smallest absolute Gasteiger partial charge is 0.0356 e. The first-order valence-electron chi connectivity index (χ1n) is 3.26. The Morgan fingerprint density at radius 3 is 3.00 bits per heavy atom. The maximum Gasteiger partial charge on any atom is 0.0356 e. The molecule has 0 fully saturated rings. The lowest BCUT2D eigenvalue weighted by Crippen LogP contribution is -1.69. The second kappa shape index (κ2) is 2.75. The first-order valence-corrected chi connectivity index (χ1v) is 5.22. The molecular formula is C9H6IS. The van der Waals surface area contributed by atoms with Gasteiger partial charge in [0.25, 0.3) is 0 Å². The van der Waals surface area contributed by atoms with Crippen molar-refractivity contribution in [1.29, 1.82) is 0 Å². The summed E-state index contributed by atoms with van der Waals surface area (Å²) in [7, 11) is 0. The molecule has 0 aliphatic heterocycles. The third-order valence-corrected chi connectivity index (χ3v) is 3.28. The van der Waals surface area contributed by atoms with Crippen molar-refractivity contribution in [3.8, 4) is 0 Å². The van der Waals surface area contributed by atoms with Crippen molar-refractivity contribution in [3.05, 3.63) is 39.6 Å². The molecule has 2 heteroatoms. The quantitative estimate of drug-likeness (QED) is 0.642. The lowest BCUT2D eigenvalue weighted by molar-refractivity contribution is 1.74. The zero-order valence-electron chi connectivity index (χ0n) is 5.80. The average molecular weight is 273 g/mol. The standard InChI is InChI=1S/C9H6IS/c1-6-5-11-9-4-7(10)2-3-8(6)9/h2-5H,1H2. The summed E-state index contributed by atoms with van der Waals surface area (Å²) in [6, 6.07) is 6.44. The summed E-state index contributed by atoms with van der Waals surface area (Å²) in [6.07, 6.45) is 0. The second-order valence-corrected chi connectivity index (χ2v) is 4.56. The highest BCUT2D eigenvalue weighted by atomic mass is 127. The van der Waals surface area contributed by atoms with E-state index in [4.69, 9.17) is 0 Å². The minimum atomic E-state index is 1.14. The van der Waals surface area contributed by atoms with Crippen molar-refractivity contribution in [2.75, 3.05) is 0 Å². The molecule has 0 saturated heterocycles. The van der Waals surface area contributed by atoms with Crippen LogP contribution in [0.3, 0.4) is 0 Å². The monoisotopic (exact) mass is 273 g/mol. The van der Waals surface area contributed by atoms with Gasteiger partial charge in [0.1, 0.15) is 0 Å². The number of fused-ring (bicyclic) bond motifs is 1. The highest BCUT2D eigenvalue weighted by Gasteiger charge is 1.98. The molecule has 1 heterocycles. The molecule has 0 spiro atoms. The highest BCUT2D eigenvalue weighted by molar-refractivity contribution is 14.1. The van der Waals surface area contributed by atoms with Gasteiger partial charge in [-0.1, -0.05) is 6.07 Å². The van der Waals surface area contributed by atoms with Crippen LogP contribution in [0.25, 0.3) is 10.1 Å². The molecule has 55 valence electrons. The number of rotatable bonds is 0. The Balaban J connectivity index is 2.86. The Morgan fingerprint density at radius 2 is 2.18 bits per heavy atom. The van der Waals surface area contributed by atoms with Crippen molar-refractivity contribution in [3.63, 3.8) is 0 Å². The van der Waals surface area contributed by atoms with Gasteiger partial charge in [-0.25, -0.2) is 0 Å². The van der Waals surface area contributed by atoms with Gasteiger partial charge < -0.3 is 0 Å². The largest absolute Gasteiger partial charge is 0.143 e. The zero-order valence-corrected chi connectivity index (χ0v) is 8.78. The van der Waals surface area contributed by atoms with E-state index < -0.39 is 0 Å². The molecule has 2 aromatic rings. The second-order valence-electron chi connectivity index (χ2n) is 2.40. The molecule has 0 atom stereocenters. The van der Waals surface area contributed by atoms with Crippen molar-refractivity contribution in [1.82, 2.24) is 0 Å². The van der Waals surface area contributed by atoms with Gasteiger partial charge in [0.05, 0.1) is 0 Å². The molecule has 0 unspecified atom stereocenters. The molecule has 0 aliphatic rings. The van der Waals surface area contributed by atoms with E-state index in [1.807, 2.05) is 0 Å². The molecule has 11 heavy (non-hydrogen) atoms. The summed E-state index contributed by atoms with van der Waals surface area (Å²) in [4.78, 5) is 0. The van der Waals surface area contributed by atoms with Crippen LogP contribution < -0.4 is 0 Å². The lowest BCUT2D eigenvalue weighted by Gasteiger charge is -1.91. The number of halogens is 1. The van der Waals surface area contributed by atoms with Gasteiger partial charge in [-0.2, -0.15) is 0 Å². The first-order chi connectivity index (χ1) is 5.27. The number of hydrogen-bond acceptors (Lipinski definition) is 1. The lowest BCUT2D eigenvalue weighted by atomic mass is 10.2. The molecule has 1 radical (unpaired) electrons. The molecule has 0 aliphatic carbocycles. The van der Waals surface area contributed by atoms with Crippen molar-refractivity contribution in [2.45, 2.75) is 0 Å². The summed E-state index contributed by atoms with van der Waals surface area (Å²) in [6.45, 7) is 3.95. The molecule has 0 N–H and O–H groups in total. The Hall–Kier alpha value is -0.0900. The molecule has 1 aromatic carbocycles. The van der Waals surface area contributed by atoms with E-state index in [0.717, 1.165) is 5.56 Å². The number of thiophene rings is 1. The van der Waals surface area contributed by atoms with Crippen LogP contribution in [0.4, 0.5) is 0 Å². The SMILES string of the molecule is [CH2]c1csc2cc(I)ccc12. The molecule has 2 rings (SSSR count). The number of hydrogen-bond donors (Lipinski definition) is 0. The molecule has 1 aromatic heterocycles. The molecule has 0 saturated carbocycles. The van der Waals surface area contributed by atoms with Gasteiger partial charge >= 0.3 is 0 Å². The Labute approximate surface area is 83.4 Å². The minimum Gasteiger partial charge on any atom is -0.143 e. The predicted octanol–water partition coefficient (Wildman–Crippen LogP) is 3.69. The van der Waals surface area contributed by atoms with Gasteiger partial charge in [0, 0.05) is 8.27 Å². The van der Waals surface area contributed by atoms with Crippen LogP contribution in [-0.4, -0.2) is 0 Å². The normalized spacial score (nSPS) is 10.7.